The lowest BCUT2D eigenvalue weighted by Crippen LogP contribution is -2.02. The maximum absolute atomic E-state index is 13.1. The van der Waals surface area contributed by atoms with Crippen molar-refractivity contribution in [3.05, 3.63) is 58.3 Å². The lowest BCUT2D eigenvalue weighted by atomic mass is 9.99. The van der Waals surface area contributed by atoms with Crippen molar-refractivity contribution >= 4 is 11.6 Å². The molecule has 1 N–H and O–H groups in total. The Labute approximate surface area is 97.3 Å². The van der Waals surface area contributed by atoms with Crippen LogP contribution in [0.3, 0.4) is 0 Å². The average Bonchev–Trinajstić information content (AvgIpc) is 2.67. The summed E-state index contributed by atoms with van der Waals surface area (Å²) in [5, 5.41) is 10.2. The van der Waals surface area contributed by atoms with Crippen LogP contribution in [0.5, 0.6) is 0 Å². The first kappa shape index (κ1) is 11.2. The van der Waals surface area contributed by atoms with Crippen molar-refractivity contribution in [3.63, 3.8) is 0 Å². The molecule has 1 heterocycles. The highest BCUT2D eigenvalue weighted by Crippen LogP contribution is 2.30. The van der Waals surface area contributed by atoms with Crippen molar-refractivity contribution in [1.29, 1.82) is 0 Å². The first-order valence-corrected chi connectivity index (χ1v) is 5.14. The third-order valence-electron chi connectivity index (χ3n) is 2.48. The van der Waals surface area contributed by atoms with Gasteiger partial charge >= 0.3 is 0 Å². The van der Waals surface area contributed by atoms with Crippen molar-refractivity contribution in [2.45, 2.75) is 13.0 Å². The molecule has 0 aliphatic carbocycles. The van der Waals surface area contributed by atoms with Crippen LogP contribution in [-0.4, -0.2) is 5.11 Å². The van der Waals surface area contributed by atoms with Gasteiger partial charge in [-0.25, -0.2) is 4.39 Å². The molecule has 0 amide bonds. The molecule has 84 valence electrons. The topological polar surface area (TPSA) is 33.4 Å². The molecule has 0 saturated carbocycles. The number of aliphatic hydroxyl groups excluding tert-OH is 1. The second kappa shape index (κ2) is 4.28. The average molecular weight is 241 g/mol. The molecule has 0 aliphatic heterocycles. The van der Waals surface area contributed by atoms with E-state index in [-0.39, 0.29) is 11.0 Å². The van der Waals surface area contributed by atoms with E-state index in [4.69, 9.17) is 16.0 Å². The Balaban J connectivity index is 2.45. The molecule has 1 aromatic carbocycles. The van der Waals surface area contributed by atoms with Crippen molar-refractivity contribution < 1.29 is 13.9 Å². The molecule has 0 aliphatic rings. The SMILES string of the molecule is Cc1ccc(F)cc1C(O)c1ccoc1Cl. The summed E-state index contributed by atoms with van der Waals surface area (Å²) in [6.45, 7) is 1.80. The van der Waals surface area contributed by atoms with Gasteiger partial charge in [-0.15, -0.1) is 0 Å². The highest BCUT2D eigenvalue weighted by molar-refractivity contribution is 6.29. The zero-order valence-electron chi connectivity index (χ0n) is 8.58. The number of hydrogen-bond donors (Lipinski definition) is 1. The Morgan fingerprint density at radius 1 is 1.31 bits per heavy atom. The van der Waals surface area contributed by atoms with Gasteiger partial charge in [-0.1, -0.05) is 6.07 Å². The van der Waals surface area contributed by atoms with Gasteiger partial charge in [0.05, 0.1) is 6.26 Å². The third kappa shape index (κ3) is 1.96. The van der Waals surface area contributed by atoms with E-state index in [2.05, 4.69) is 0 Å². The quantitative estimate of drug-likeness (QED) is 0.872. The molecule has 2 nitrogen and oxygen atoms in total. The molecule has 16 heavy (non-hydrogen) atoms. The van der Waals surface area contributed by atoms with E-state index < -0.39 is 6.10 Å². The summed E-state index contributed by atoms with van der Waals surface area (Å²) in [5.74, 6) is -0.390. The summed E-state index contributed by atoms with van der Waals surface area (Å²) in [5.41, 5.74) is 1.73. The minimum Gasteiger partial charge on any atom is -0.453 e. The zero-order valence-corrected chi connectivity index (χ0v) is 9.33. The summed E-state index contributed by atoms with van der Waals surface area (Å²) >= 11 is 5.76. The standard InChI is InChI=1S/C12H10ClFO2/c1-7-2-3-8(14)6-10(7)11(15)9-4-5-16-12(9)13/h2-6,11,15H,1H3. The van der Waals surface area contributed by atoms with Gasteiger partial charge < -0.3 is 9.52 Å². The van der Waals surface area contributed by atoms with Gasteiger partial charge in [0.25, 0.3) is 0 Å². The summed E-state index contributed by atoms with van der Waals surface area (Å²) < 4.78 is 18.0. The minimum absolute atomic E-state index is 0.121. The molecule has 1 atom stereocenters. The molecule has 1 aromatic heterocycles. The van der Waals surface area contributed by atoms with Crippen LogP contribution in [-0.2, 0) is 0 Å². The monoisotopic (exact) mass is 240 g/mol. The number of halogens is 2. The van der Waals surface area contributed by atoms with Crippen molar-refractivity contribution in [2.75, 3.05) is 0 Å². The van der Waals surface area contributed by atoms with Gasteiger partial charge in [0.2, 0.25) is 0 Å². The molecule has 0 saturated heterocycles. The molecule has 2 aromatic rings. The van der Waals surface area contributed by atoms with Crippen LogP contribution in [0.1, 0.15) is 22.8 Å². The second-order valence-electron chi connectivity index (χ2n) is 3.55. The van der Waals surface area contributed by atoms with E-state index in [0.29, 0.717) is 11.1 Å². The van der Waals surface area contributed by atoms with Gasteiger partial charge in [-0.05, 0) is 47.9 Å². The van der Waals surface area contributed by atoms with Crippen LogP contribution in [0.4, 0.5) is 4.39 Å². The summed E-state index contributed by atoms with van der Waals surface area (Å²) in [6, 6.07) is 5.82. The maximum Gasteiger partial charge on any atom is 0.199 e. The Kier molecular flexibility index (Phi) is 2.99. The van der Waals surface area contributed by atoms with E-state index in [0.717, 1.165) is 5.56 Å². The van der Waals surface area contributed by atoms with Crippen molar-refractivity contribution in [1.82, 2.24) is 0 Å². The van der Waals surface area contributed by atoms with E-state index in [1.54, 1.807) is 19.1 Å². The fourth-order valence-corrected chi connectivity index (χ4v) is 1.79. The van der Waals surface area contributed by atoms with E-state index in [1.165, 1.54) is 18.4 Å². The number of aryl methyl sites for hydroxylation is 1. The van der Waals surface area contributed by atoms with Crippen LogP contribution in [0.2, 0.25) is 5.22 Å². The van der Waals surface area contributed by atoms with Crippen LogP contribution in [0.25, 0.3) is 0 Å². The molecule has 0 spiro atoms. The van der Waals surface area contributed by atoms with Crippen molar-refractivity contribution in [3.8, 4) is 0 Å². The Hall–Kier alpha value is -1.32. The minimum atomic E-state index is -0.970. The second-order valence-corrected chi connectivity index (χ2v) is 3.90. The molecule has 0 fully saturated rings. The summed E-state index contributed by atoms with van der Waals surface area (Å²) in [4.78, 5) is 0. The lowest BCUT2D eigenvalue weighted by molar-refractivity contribution is 0.218. The number of rotatable bonds is 2. The van der Waals surface area contributed by atoms with Crippen LogP contribution in [0.15, 0.2) is 34.9 Å². The predicted molar refractivity (Wildman–Crippen MR) is 58.9 cm³/mol. The van der Waals surface area contributed by atoms with E-state index in [1.807, 2.05) is 0 Å². The van der Waals surface area contributed by atoms with Gasteiger partial charge in [-0.3, -0.25) is 0 Å². The third-order valence-corrected chi connectivity index (χ3v) is 2.78. The Bertz CT molecular complexity index is 507. The molecule has 1 unspecified atom stereocenters. The number of furan rings is 1. The number of benzene rings is 1. The van der Waals surface area contributed by atoms with Crippen molar-refractivity contribution in [2.24, 2.45) is 0 Å². The lowest BCUT2D eigenvalue weighted by Gasteiger charge is -2.12. The van der Waals surface area contributed by atoms with E-state index >= 15 is 0 Å². The fourth-order valence-electron chi connectivity index (χ4n) is 1.57. The van der Waals surface area contributed by atoms with E-state index in [9.17, 15) is 9.50 Å². The van der Waals surface area contributed by atoms with Gasteiger partial charge in [0, 0.05) is 5.56 Å². The predicted octanol–water partition coefficient (Wildman–Crippen LogP) is 3.46. The first-order chi connectivity index (χ1) is 7.59. The molecular formula is C12H10ClFO2. The van der Waals surface area contributed by atoms with Crippen LogP contribution < -0.4 is 0 Å². The smallest absolute Gasteiger partial charge is 0.199 e. The highest BCUT2D eigenvalue weighted by Gasteiger charge is 2.18. The normalized spacial score (nSPS) is 12.8. The first-order valence-electron chi connectivity index (χ1n) is 4.76. The van der Waals surface area contributed by atoms with Crippen LogP contribution >= 0.6 is 11.6 Å². The summed E-state index contributed by atoms with van der Waals surface area (Å²) in [6.07, 6.45) is 0.414. The number of aliphatic hydroxyl groups is 1. The molecule has 2 rings (SSSR count). The maximum atomic E-state index is 13.1. The summed E-state index contributed by atoms with van der Waals surface area (Å²) in [7, 11) is 0. The largest absolute Gasteiger partial charge is 0.453 e. The molecule has 0 bridgehead atoms. The van der Waals surface area contributed by atoms with Crippen LogP contribution in [0, 0.1) is 12.7 Å². The molecular weight excluding hydrogens is 231 g/mol. The van der Waals surface area contributed by atoms with Gasteiger partial charge in [0.1, 0.15) is 11.9 Å². The van der Waals surface area contributed by atoms with Gasteiger partial charge in [-0.2, -0.15) is 0 Å². The Morgan fingerprint density at radius 2 is 2.06 bits per heavy atom. The zero-order chi connectivity index (χ0) is 11.7. The number of hydrogen-bond acceptors (Lipinski definition) is 2. The highest BCUT2D eigenvalue weighted by atomic mass is 35.5. The fraction of sp³-hybridized carbons (Fsp3) is 0.167. The molecule has 4 heteroatoms. The Morgan fingerprint density at radius 3 is 2.69 bits per heavy atom. The van der Waals surface area contributed by atoms with Gasteiger partial charge in [0.15, 0.2) is 5.22 Å². The molecule has 0 radical (unpaired) electrons.